The second kappa shape index (κ2) is 8.70. The Kier molecular flexibility index (Phi) is 6.35. The predicted molar refractivity (Wildman–Crippen MR) is 99.7 cm³/mol. The number of piperidine rings is 1. The van der Waals surface area contributed by atoms with E-state index in [1.54, 1.807) is 24.3 Å². The molecule has 4 nitrogen and oxygen atoms in total. The van der Waals surface area contributed by atoms with Crippen molar-refractivity contribution in [2.75, 3.05) is 13.1 Å². The Labute approximate surface area is 154 Å². The van der Waals surface area contributed by atoms with E-state index in [1.807, 2.05) is 0 Å². The first-order valence-corrected chi connectivity index (χ1v) is 9.86. The number of hydrogen-bond acceptors (Lipinski definition) is 2. The molecule has 1 aromatic carbocycles. The summed E-state index contributed by atoms with van der Waals surface area (Å²) in [6.45, 7) is 1.44. The fraction of sp³-hybridized carbons (Fsp3) is 0.600. The number of carbonyl (C=O) groups excluding carboxylic acids is 2. The summed E-state index contributed by atoms with van der Waals surface area (Å²) in [6, 6.07) is 7.30. The van der Waals surface area contributed by atoms with E-state index in [1.165, 1.54) is 32.1 Å². The van der Waals surface area contributed by atoms with Gasteiger partial charge >= 0.3 is 0 Å². The standard InChI is InChI=1S/C20H27ClN2O2/c21-17-11-9-16(10-12-17)20(25)22-13-3-8-19(24)23-14-4-6-15-5-1-2-7-18(15)23/h9-12,15,18H,1-8,13-14H2,(H,22,25). The van der Waals surface area contributed by atoms with Gasteiger partial charge in [-0.3, -0.25) is 9.59 Å². The largest absolute Gasteiger partial charge is 0.352 e. The molecule has 2 amide bonds. The summed E-state index contributed by atoms with van der Waals surface area (Å²) in [5, 5.41) is 3.50. The van der Waals surface area contributed by atoms with E-state index in [4.69, 9.17) is 11.6 Å². The molecule has 0 radical (unpaired) electrons. The highest BCUT2D eigenvalue weighted by atomic mass is 35.5. The van der Waals surface area contributed by atoms with Crippen molar-refractivity contribution in [1.29, 1.82) is 0 Å². The minimum Gasteiger partial charge on any atom is -0.352 e. The van der Waals surface area contributed by atoms with E-state index in [-0.39, 0.29) is 11.8 Å². The number of nitrogens with one attached hydrogen (secondary N) is 1. The summed E-state index contributed by atoms with van der Waals surface area (Å²) in [7, 11) is 0. The van der Waals surface area contributed by atoms with Gasteiger partial charge in [0.15, 0.2) is 0 Å². The fourth-order valence-electron chi connectivity index (χ4n) is 4.22. The van der Waals surface area contributed by atoms with Crippen LogP contribution in [0.15, 0.2) is 24.3 Å². The lowest BCUT2D eigenvalue weighted by Crippen LogP contribution is -2.49. The lowest BCUT2D eigenvalue weighted by molar-refractivity contribution is -0.137. The Hall–Kier alpha value is -1.55. The Balaban J connectivity index is 1.41. The molecule has 1 aliphatic carbocycles. The van der Waals surface area contributed by atoms with Crippen LogP contribution in [0.3, 0.4) is 0 Å². The van der Waals surface area contributed by atoms with Crippen LogP contribution >= 0.6 is 11.6 Å². The van der Waals surface area contributed by atoms with Crippen LogP contribution in [0.5, 0.6) is 0 Å². The van der Waals surface area contributed by atoms with E-state index in [0.29, 0.717) is 36.0 Å². The van der Waals surface area contributed by atoms with Crippen LogP contribution in [0.25, 0.3) is 0 Å². The molecule has 5 heteroatoms. The van der Waals surface area contributed by atoms with E-state index < -0.39 is 0 Å². The van der Waals surface area contributed by atoms with Crippen molar-refractivity contribution in [3.05, 3.63) is 34.9 Å². The van der Waals surface area contributed by atoms with Crippen LogP contribution in [-0.4, -0.2) is 35.8 Å². The Morgan fingerprint density at radius 1 is 1.08 bits per heavy atom. The van der Waals surface area contributed by atoms with Gasteiger partial charge in [0.25, 0.3) is 5.91 Å². The fourth-order valence-corrected chi connectivity index (χ4v) is 4.35. The molecule has 2 fully saturated rings. The number of benzene rings is 1. The van der Waals surface area contributed by atoms with Crippen molar-refractivity contribution in [1.82, 2.24) is 10.2 Å². The molecule has 2 atom stereocenters. The number of nitrogens with zero attached hydrogens (tertiary/aromatic N) is 1. The third kappa shape index (κ3) is 4.75. The zero-order chi connectivity index (χ0) is 17.6. The smallest absolute Gasteiger partial charge is 0.251 e. The number of amides is 2. The van der Waals surface area contributed by atoms with Crippen LogP contribution in [0.2, 0.25) is 5.02 Å². The first kappa shape index (κ1) is 18.2. The third-order valence-corrected chi connectivity index (χ3v) is 5.77. The molecule has 0 spiro atoms. The molecule has 2 unspecified atom stereocenters. The van der Waals surface area contributed by atoms with Gasteiger partial charge in [-0.1, -0.05) is 24.4 Å². The van der Waals surface area contributed by atoms with Crippen molar-refractivity contribution in [2.45, 2.75) is 57.4 Å². The summed E-state index contributed by atoms with van der Waals surface area (Å²) < 4.78 is 0. The molecular weight excluding hydrogens is 336 g/mol. The zero-order valence-electron chi connectivity index (χ0n) is 14.7. The van der Waals surface area contributed by atoms with Gasteiger partial charge in [-0.05, 0) is 62.3 Å². The predicted octanol–water partition coefficient (Wildman–Crippen LogP) is 4.03. The number of hydrogen-bond donors (Lipinski definition) is 1. The van der Waals surface area contributed by atoms with Gasteiger partial charge in [-0.2, -0.15) is 0 Å². The van der Waals surface area contributed by atoms with Crippen molar-refractivity contribution >= 4 is 23.4 Å². The lowest BCUT2D eigenvalue weighted by Gasteiger charge is -2.44. The van der Waals surface area contributed by atoms with Gasteiger partial charge in [0, 0.05) is 36.1 Å². The van der Waals surface area contributed by atoms with E-state index in [9.17, 15) is 9.59 Å². The summed E-state index contributed by atoms with van der Waals surface area (Å²) in [6.07, 6.45) is 8.65. The third-order valence-electron chi connectivity index (χ3n) is 5.52. The average molecular weight is 363 g/mol. The molecule has 1 aromatic rings. The molecule has 0 aromatic heterocycles. The zero-order valence-corrected chi connectivity index (χ0v) is 15.4. The summed E-state index contributed by atoms with van der Waals surface area (Å²) in [5.74, 6) is 0.864. The highest BCUT2D eigenvalue weighted by molar-refractivity contribution is 6.30. The normalized spacial score (nSPS) is 23.0. The van der Waals surface area contributed by atoms with E-state index in [0.717, 1.165) is 18.9 Å². The maximum Gasteiger partial charge on any atom is 0.251 e. The number of likely N-dealkylation sites (tertiary alicyclic amines) is 1. The molecule has 1 saturated heterocycles. The van der Waals surface area contributed by atoms with Crippen molar-refractivity contribution < 1.29 is 9.59 Å². The first-order chi connectivity index (χ1) is 12.1. The summed E-state index contributed by atoms with van der Waals surface area (Å²) in [5.41, 5.74) is 0.594. The Morgan fingerprint density at radius 3 is 2.60 bits per heavy atom. The monoisotopic (exact) mass is 362 g/mol. The molecule has 1 saturated carbocycles. The Morgan fingerprint density at radius 2 is 1.80 bits per heavy atom. The number of fused-ring (bicyclic) bond motifs is 1. The topological polar surface area (TPSA) is 49.4 Å². The van der Waals surface area contributed by atoms with Gasteiger partial charge in [-0.15, -0.1) is 0 Å². The van der Waals surface area contributed by atoms with E-state index >= 15 is 0 Å². The lowest BCUT2D eigenvalue weighted by atomic mass is 9.78. The van der Waals surface area contributed by atoms with Crippen LogP contribution in [0.4, 0.5) is 0 Å². The molecule has 136 valence electrons. The molecule has 1 heterocycles. The highest BCUT2D eigenvalue weighted by Crippen LogP contribution is 2.35. The Bertz CT molecular complexity index is 600. The molecule has 2 aliphatic rings. The van der Waals surface area contributed by atoms with Crippen LogP contribution in [0, 0.1) is 5.92 Å². The van der Waals surface area contributed by atoms with Crippen molar-refractivity contribution in [3.8, 4) is 0 Å². The van der Waals surface area contributed by atoms with Crippen LogP contribution < -0.4 is 5.32 Å². The summed E-state index contributed by atoms with van der Waals surface area (Å²) >= 11 is 5.83. The summed E-state index contributed by atoms with van der Waals surface area (Å²) in [4.78, 5) is 26.8. The molecule has 25 heavy (non-hydrogen) atoms. The van der Waals surface area contributed by atoms with Crippen molar-refractivity contribution in [3.63, 3.8) is 0 Å². The average Bonchev–Trinajstić information content (AvgIpc) is 2.65. The van der Waals surface area contributed by atoms with Crippen molar-refractivity contribution in [2.24, 2.45) is 5.92 Å². The minimum absolute atomic E-state index is 0.116. The van der Waals surface area contributed by atoms with Gasteiger partial charge < -0.3 is 10.2 Å². The quantitative estimate of drug-likeness (QED) is 0.804. The SMILES string of the molecule is O=C(NCCCC(=O)N1CCCC2CCCCC21)c1ccc(Cl)cc1. The molecule has 1 aliphatic heterocycles. The van der Waals surface area contributed by atoms with Gasteiger partial charge in [0.05, 0.1) is 0 Å². The van der Waals surface area contributed by atoms with Crippen LogP contribution in [0.1, 0.15) is 61.7 Å². The molecule has 1 N–H and O–H groups in total. The number of carbonyl (C=O) groups is 2. The van der Waals surface area contributed by atoms with E-state index in [2.05, 4.69) is 10.2 Å². The second-order valence-electron chi connectivity index (χ2n) is 7.21. The molecule has 3 rings (SSSR count). The maximum atomic E-state index is 12.6. The minimum atomic E-state index is -0.116. The number of rotatable bonds is 5. The van der Waals surface area contributed by atoms with Crippen LogP contribution in [-0.2, 0) is 4.79 Å². The molecule has 0 bridgehead atoms. The first-order valence-electron chi connectivity index (χ1n) is 9.48. The van der Waals surface area contributed by atoms with Gasteiger partial charge in [0.1, 0.15) is 0 Å². The van der Waals surface area contributed by atoms with Gasteiger partial charge in [-0.25, -0.2) is 0 Å². The second-order valence-corrected chi connectivity index (χ2v) is 7.64. The maximum absolute atomic E-state index is 12.6. The molecular formula is C20H27ClN2O2. The highest BCUT2D eigenvalue weighted by Gasteiger charge is 2.35. The van der Waals surface area contributed by atoms with Gasteiger partial charge in [0.2, 0.25) is 5.91 Å². The number of halogens is 1.